The molecule has 0 saturated carbocycles. The number of thiophene rings is 1. The normalized spacial score (nSPS) is 12.3. The molecule has 6 heteroatoms. The number of nitrogens with one attached hydrogen (secondary N) is 1. The second-order valence-electron chi connectivity index (χ2n) is 7.90. The molecule has 2 heterocycles. The highest BCUT2D eigenvalue weighted by molar-refractivity contribution is 7.10. The number of benzene rings is 2. The van der Waals surface area contributed by atoms with Gasteiger partial charge in [0.15, 0.2) is 0 Å². The van der Waals surface area contributed by atoms with Gasteiger partial charge in [0.1, 0.15) is 12.4 Å². The number of aromatic nitrogens is 2. The third kappa shape index (κ3) is 4.44. The maximum atomic E-state index is 13.0. The molecule has 1 N–H and O–H groups in total. The van der Waals surface area contributed by atoms with Crippen LogP contribution in [0.25, 0.3) is 10.9 Å². The molecule has 0 fully saturated rings. The first kappa shape index (κ1) is 21.0. The van der Waals surface area contributed by atoms with E-state index in [1.54, 1.807) is 30.4 Å². The number of fused-ring (bicyclic) bond motifs is 1. The second-order valence-corrected chi connectivity index (χ2v) is 8.88. The van der Waals surface area contributed by atoms with Crippen LogP contribution in [0.3, 0.4) is 0 Å². The predicted octanol–water partition coefficient (Wildman–Crippen LogP) is 4.80. The van der Waals surface area contributed by atoms with Crippen LogP contribution in [0.4, 0.5) is 0 Å². The van der Waals surface area contributed by atoms with E-state index in [0.29, 0.717) is 22.6 Å². The van der Waals surface area contributed by atoms with E-state index < -0.39 is 0 Å². The molecule has 0 spiro atoms. The summed E-state index contributed by atoms with van der Waals surface area (Å²) in [6.45, 7) is 5.99. The average Bonchev–Trinajstić information content (AvgIpc) is 3.30. The summed E-state index contributed by atoms with van der Waals surface area (Å²) in [4.78, 5) is 31.5. The van der Waals surface area contributed by atoms with Crippen LogP contribution in [0.2, 0.25) is 0 Å². The summed E-state index contributed by atoms with van der Waals surface area (Å²) in [5.41, 5.74) is 2.71. The van der Waals surface area contributed by atoms with E-state index in [-0.39, 0.29) is 24.1 Å². The van der Waals surface area contributed by atoms with E-state index in [0.717, 1.165) is 10.4 Å². The predicted molar refractivity (Wildman–Crippen MR) is 126 cm³/mol. The number of hydrogen-bond donors (Lipinski definition) is 1. The van der Waals surface area contributed by atoms with Gasteiger partial charge < -0.3 is 5.32 Å². The van der Waals surface area contributed by atoms with Crippen molar-refractivity contribution in [2.75, 3.05) is 0 Å². The third-order valence-electron chi connectivity index (χ3n) is 5.42. The van der Waals surface area contributed by atoms with E-state index in [2.05, 4.69) is 48.4 Å². The minimum absolute atomic E-state index is 0.0749. The molecule has 4 aromatic rings. The Morgan fingerprint density at radius 1 is 1.03 bits per heavy atom. The number of carbonyl (C=O) groups excluding carboxylic acids is 1. The molecule has 0 saturated heterocycles. The van der Waals surface area contributed by atoms with Crippen molar-refractivity contribution in [2.24, 2.45) is 0 Å². The number of nitrogens with zero attached hydrogens (tertiary/aromatic N) is 2. The van der Waals surface area contributed by atoms with Gasteiger partial charge in [-0.05, 0) is 47.5 Å². The fourth-order valence-electron chi connectivity index (χ4n) is 3.66. The standard InChI is InChI=1S/C25H25N3O2S/c1-16(2)18-10-12-19(13-11-18)24(22-9-6-14-31-22)27-23(29)15-28-17(3)26-21-8-5-4-7-20(21)25(28)30/h4-14,16,24H,15H2,1-3H3,(H,27,29). The molecule has 4 rings (SSSR count). The summed E-state index contributed by atoms with van der Waals surface area (Å²) in [5, 5.41) is 5.63. The molecule has 2 aromatic carbocycles. The fraction of sp³-hybridized carbons (Fsp3) is 0.240. The molecule has 1 atom stereocenters. The molecule has 5 nitrogen and oxygen atoms in total. The van der Waals surface area contributed by atoms with Gasteiger partial charge in [-0.2, -0.15) is 0 Å². The smallest absolute Gasteiger partial charge is 0.261 e. The summed E-state index contributed by atoms with van der Waals surface area (Å²) in [7, 11) is 0. The first-order valence-corrected chi connectivity index (χ1v) is 11.2. The Bertz CT molecular complexity index is 1260. The van der Waals surface area contributed by atoms with Gasteiger partial charge in [-0.3, -0.25) is 14.2 Å². The van der Waals surface area contributed by atoms with Crippen molar-refractivity contribution in [3.05, 3.63) is 98.2 Å². The van der Waals surface area contributed by atoms with Gasteiger partial charge in [0, 0.05) is 4.88 Å². The topological polar surface area (TPSA) is 64.0 Å². The molecular weight excluding hydrogens is 406 g/mol. The number of amides is 1. The second kappa shape index (κ2) is 8.86. The van der Waals surface area contributed by atoms with Crippen LogP contribution in [0.5, 0.6) is 0 Å². The van der Waals surface area contributed by atoms with Gasteiger partial charge in [-0.25, -0.2) is 4.98 Å². The van der Waals surface area contributed by atoms with E-state index in [9.17, 15) is 9.59 Å². The zero-order valence-corrected chi connectivity index (χ0v) is 18.6. The van der Waals surface area contributed by atoms with Crippen LogP contribution < -0.4 is 10.9 Å². The van der Waals surface area contributed by atoms with Crippen LogP contribution in [0.1, 0.15) is 47.6 Å². The van der Waals surface area contributed by atoms with Crippen LogP contribution in [0, 0.1) is 6.92 Å². The Kier molecular flexibility index (Phi) is 6.00. The molecular formula is C25H25N3O2S. The van der Waals surface area contributed by atoms with Crippen molar-refractivity contribution >= 4 is 28.1 Å². The lowest BCUT2D eigenvalue weighted by Gasteiger charge is -2.20. The molecule has 0 radical (unpaired) electrons. The minimum atomic E-state index is -0.266. The van der Waals surface area contributed by atoms with Crippen LogP contribution in [0.15, 0.2) is 70.8 Å². The van der Waals surface area contributed by atoms with Gasteiger partial charge in [0.2, 0.25) is 5.91 Å². The molecule has 2 aromatic heterocycles. The lowest BCUT2D eigenvalue weighted by atomic mass is 9.98. The number of rotatable bonds is 6. The molecule has 0 aliphatic rings. The minimum Gasteiger partial charge on any atom is -0.343 e. The molecule has 1 amide bonds. The third-order valence-corrected chi connectivity index (χ3v) is 6.36. The maximum absolute atomic E-state index is 13.0. The Morgan fingerprint density at radius 2 is 1.74 bits per heavy atom. The van der Waals surface area contributed by atoms with Crippen molar-refractivity contribution in [1.29, 1.82) is 0 Å². The Labute approximate surface area is 185 Å². The highest BCUT2D eigenvalue weighted by Crippen LogP contribution is 2.27. The van der Waals surface area contributed by atoms with Gasteiger partial charge in [-0.1, -0.05) is 56.3 Å². The van der Waals surface area contributed by atoms with Crippen molar-refractivity contribution in [2.45, 2.75) is 39.3 Å². The van der Waals surface area contributed by atoms with Crippen molar-refractivity contribution in [3.63, 3.8) is 0 Å². The van der Waals surface area contributed by atoms with E-state index in [1.807, 2.05) is 29.6 Å². The summed E-state index contributed by atoms with van der Waals surface area (Å²) < 4.78 is 1.44. The highest BCUT2D eigenvalue weighted by atomic mass is 32.1. The number of aryl methyl sites for hydroxylation is 1. The molecule has 0 aliphatic carbocycles. The summed E-state index contributed by atoms with van der Waals surface area (Å²) >= 11 is 1.60. The van der Waals surface area contributed by atoms with E-state index in [4.69, 9.17) is 0 Å². The average molecular weight is 432 g/mol. The van der Waals surface area contributed by atoms with Crippen molar-refractivity contribution in [1.82, 2.24) is 14.9 Å². The highest BCUT2D eigenvalue weighted by Gasteiger charge is 2.19. The lowest BCUT2D eigenvalue weighted by Crippen LogP contribution is -2.36. The first-order chi connectivity index (χ1) is 14.9. The Morgan fingerprint density at radius 3 is 2.42 bits per heavy atom. The number of carbonyl (C=O) groups is 1. The van der Waals surface area contributed by atoms with Gasteiger partial charge in [-0.15, -0.1) is 11.3 Å². The fourth-order valence-corrected chi connectivity index (χ4v) is 4.47. The SMILES string of the molecule is Cc1nc2ccccc2c(=O)n1CC(=O)NC(c1ccc(C(C)C)cc1)c1cccs1. The Balaban J connectivity index is 1.62. The molecule has 1 unspecified atom stereocenters. The lowest BCUT2D eigenvalue weighted by molar-refractivity contribution is -0.122. The van der Waals surface area contributed by atoms with Crippen LogP contribution in [-0.2, 0) is 11.3 Å². The van der Waals surface area contributed by atoms with Gasteiger partial charge in [0.05, 0.1) is 16.9 Å². The molecule has 0 bridgehead atoms. The largest absolute Gasteiger partial charge is 0.343 e. The van der Waals surface area contributed by atoms with Crippen LogP contribution in [-0.4, -0.2) is 15.5 Å². The zero-order valence-electron chi connectivity index (χ0n) is 17.8. The quantitative estimate of drug-likeness (QED) is 0.477. The zero-order chi connectivity index (χ0) is 22.0. The van der Waals surface area contributed by atoms with Crippen molar-refractivity contribution < 1.29 is 4.79 Å². The Hall–Kier alpha value is -3.25. The number of para-hydroxylation sites is 1. The molecule has 31 heavy (non-hydrogen) atoms. The molecule has 0 aliphatic heterocycles. The maximum Gasteiger partial charge on any atom is 0.261 e. The molecule has 158 valence electrons. The summed E-state index contributed by atoms with van der Waals surface area (Å²) in [6, 6.07) is 19.3. The van der Waals surface area contributed by atoms with Gasteiger partial charge >= 0.3 is 0 Å². The van der Waals surface area contributed by atoms with E-state index in [1.165, 1.54) is 10.1 Å². The number of hydrogen-bond acceptors (Lipinski definition) is 4. The monoisotopic (exact) mass is 431 g/mol. The van der Waals surface area contributed by atoms with E-state index >= 15 is 0 Å². The first-order valence-electron chi connectivity index (χ1n) is 10.3. The van der Waals surface area contributed by atoms with Crippen LogP contribution >= 0.6 is 11.3 Å². The summed E-state index contributed by atoms with van der Waals surface area (Å²) in [6.07, 6.45) is 0. The summed E-state index contributed by atoms with van der Waals surface area (Å²) in [5.74, 6) is 0.737. The van der Waals surface area contributed by atoms with Gasteiger partial charge in [0.25, 0.3) is 5.56 Å². The van der Waals surface area contributed by atoms with Crippen molar-refractivity contribution in [3.8, 4) is 0 Å².